The van der Waals surface area contributed by atoms with Gasteiger partial charge in [0, 0.05) is 25.8 Å². The van der Waals surface area contributed by atoms with Crippen molar-refractivity contribution in [2.24, 2.45) is 5.92 Å². The number of carboxylic acids is 1. The molecule has 1 fully saturated rings. The molecule has 1 aromatic heterocycles. The van der Waals surface area contributed by atoms with E-state index in [1.165, 1.54) is 0 Å². The van der Waals surface area contributed by atoms with E-state index in [0.717, 1.165) is 18.9 Å². The summed E-state index contributed by atoms with van der Waals surface area (Å²) in [5.41, 5.74) is 0.00912. The van der Waals surface area contributed by atoms with Gasteiger partial charge in [0.1, 0.15) is 0 Å². The number of hydrogen-bond donors (Lipinski definition) is 2. The van der Waals surface area contributed by atoms with Crippen LogP contribution >= 0.6 is 0 Å². The summed E-state index contributed by atoms with van der Waals surface area (Å²) in [5.74, 6) is -1.69. The Morgan fingerprint density at radius 2 is 2.11 bits per heavy atom. The Bertz CT molecular complexity index is 448. The second kappa shape index (κ2) is 5.18. The summed E-state index contributed by atoms with van der Waals surface area (Å²) in [6.45, 7) is 1.22. The average molecular weight is 254 g/mol. The van der Waals surface area contributed by atoms with Crippen molar-refractivity contribution in [1.82, 2.24) is 10.1 Å². The average Bonchev–Trinajstić information content (AvgIpc) is 2.88. The number of hydrogen-bond acceptors (Lipinski definition) is 5. The molecule has 2 N–H and O–H groups in total. The molecular formula is C11H14N2O5. The molecule has 0 atom stereocenters. The molecule has 2 rings (SSSR count). The molecule has 7 nitrogen and oxygen atoms in total. The number of nitrogens with zero attached hydrogens (tertiary/aromatic N) is 2. The molecule has 0 saturated carbocycles. The predicted molar refractivity (Wildman–Crippen MR) is 59.2 cm³/mol. The highest BCUT2D eigenvalue weighted by Crippen LogP contribution is 2.18. The molecular weight excluding hydrogens is 240 g/mol. The third-order valence-electron chi connectivity index (χ3n) is 3.10. The van der Waals surface area contributed by atoms with Gasteiger partial charge in [-0.3, -0.25) is 4.79 Å². The Labute approximate surface area is 103 Å². The number of aliphatic hydroxyl groups is 1. The van der Waals surface area contributed by atoms with Crippen molar-refractivity contribution in [1.29, 1.82) is 0 Å². The van der Waals surface area contributed by atoms with Gasteiger partial charge in [-0.25, -0.2) is 4.79 Å². The minimum absolute atomic E-state index is 0.00912. The molecule has 18 heavy (non-hydrogen) atoms. The SMILES string of the molecule is O=C(O)c1cc(C(=O)N2CCC(CO)CC2)no1. The molecule has 0 bridgehead atoms. The van der Waals surface area contributed by atoms with E-state index < -0.39 is 5.97 Å². The number of carbonyl (C=O) groups is 2. The number of rotatable bonds is 3. The first-order valence-corrected chi connectivity index (χ1v) is 5.72. The van der Waals surface area contributed by atoms with E-state index in [1.54, 1.807) is 4.90 Å². The van der Waals surface area contributed by atoms with Crippen LogP contribution in [0.15, 0.2) is 10.6 Å². The first-order valence-electron chi connectivity index (χ1n) is 5.72. The molecule has 7 heteroatoms. The Balaban J connectivity index is 2.01. The standard InChI is InChI=1S/C11H14N2O5/c14-6-7-1-3-13(4-2-7)10(15)8-5-9(11(16)17)18-12-8/h5,7,14H,1-4,6H2,(H,16,17). The fourth-order valence-electron chi connectivity index (χ4n) is 1.96. The summed E-state index contributed by atoms with van der Waals surface area (Å²) in [6.07, 6.45) is 1.48. The Morgan fingerprint density at radius 3 is 2.61 bits per heavy atom. The molecule has 1 saturated heterocycles. The molecule has 1 aliphatic rings. The second-order valence-corrected chi connectivity index (χ2v) is 4.30. The minimum Gasteiger partial charge on any atom is -0.475 e. The van der Waals surface area contributed by atoms with E-state index in [4.69, 9.17) is 10.2 Å². The molecule has 2 heterocycles. The van der Waals surface area contributed by atoms with Gasteiger partial charge >= 0.3 is 5.97 Å². The molecule has 1 amide bonds. The quantitative estimate of drug-likeness (QED) is 0.799. The van der Waals surface area contributed by atoms with Crippen molar-refractivity contribution in [3.8, 4) is 0 Å². The van der Waals surface area contributed by atoms with Crippen LogP contribution in [-0.2, 0) is 0 Å². The monoisotopic (exact) mass is 254 g/mol. The smallest absolute Gasteiger partial charge is 0.374 e. The Kier molecular flexibility index (Phi) is 3.61. The third kappa shape index (κ3) is 2.51. The fraction of sp³-hybridized carbons (Fsp3) is 0.545. The molecule has 1 aliphatic heterocycles. The van der Waals surface area contributed by atoms with Crippen LogP contribution in [0, 0.1) is 5.92 Å². The van der Waals surface area contributed by atoms with Gasteiger partial charge in [-0.05, 0) is 18.8 Å². The lowest BCUT2D eigenvalue weighted by Gasteiger charge is -2.30. The van der Waals surface area contributed by atoms with Crippen LogP contribution in [-0.4, -0.2) is 51.8 Å². The summed E-state index contributed by atoms with van der Waals surface area (Å²) in [4.78, 5) is 24.2. The minimum atomic E-state index is -1.25. The summed E-state index contributed by atoms with van der Waals surface area (Å²) < 4.78 is 4.54. The number of piperidine rings is 1. The first kappa shape index (κ1) is 12.6. The van der Waals surface area contributed by atoms with Crippen molar-refractivity contribution in [3.63, 3.8) is 0 Å². The van der Waals surface area contributed by atoms with Gasteiger partial charge in [0.05, 0.1) is 0 Å². The lowest BCUT2D eigenvalue weighted by atomic mass is 9.98. The molecule has 0 radical (unpaired) electrons. The molecule has 98 valence electrons. The van der Waals surface area contributed by atoms with E-state index in [0.29, 0.717) is 13.1 Å². The van der Waals surface area contributed by atoms with Crippen molar-refractivity contribution in [2.45, 2.75) is 12.8 Å². The largest absolute Gasteiger partial charge is 0.475 e. The first-order chi connectivity index (χ1) is 8.61. The normalized spacial score (nSPS) is 16.8. The maximum absolute atomic E-state index is 12.0. The number of carbonyl (C=O) groups excluding carboxylic acids is 1. The van der Waals surface area contributed by atoms with Gasteiger partial charge in [-0.2, -0.15) is 0 Å². The molecule has 1 aromatic rings. The van der Waals surface area contributed by atoms with Crippen LogP contribution in [0.25, 0.3) is 0 Å². The molecule has 0 unspecified atom stereocenters. The van der Waals surface area contributed by atoms with E-state index >= 15 is 0 Å². The van der Waals surface area contributed by atoms with E-state index in [2.05, 4.69) is 9.68 Å². The zero-order valence-corrected chi connectivity index (χ0v) is 9.70. The topological polar surface area (TPSA) is 104 Å². The zero-order valence-electron chi connectivity index (χ0n) is 9.70. The molecule has 0 aromatic carbocycles. The van der Waals surface area contributed by atoms with Crippen LogP contribution in [0.1, 0.15) is 33.9 Å². The van der Waals surface area contributed by atoms with Crippen molar-refractivity contribution < 1.29 is 24.3 Å². The zero-order chi connectivity index (χ0) is 13.1. The maximum atomic E-state index is 12.0. The van der Waals surface area contributed by atoms with Gasteiger partial charge in [0.15, 0.2) is 5.69 Å². The van der Waals surface area contributed by atoms with E-state index in [9.17, 15) is 9.59 Å². The van der Waals surface area contributed by atoms with Crippen molar-refractivity contribution in [2.75, 3.05) is 19.7 Å². The second-order valence-electron chi connectivity index (χ2n) is 4.30. The highest BCUT2D eigenvalue weighted by atomic mass is 16.5. The van der Waals surface area contributed by atoms with E-state index in [-0.39, 0.29) is 29.9 Å². The van der Waals surface area contributed by atoms with Crippen LogP contribution in [0.2, 0.25) is 0 Å². The summed E-state index contributed by atoms with van der Waals surface area (Å²) in [5, 5.41) is 21.1. The number of aromatic nitrogens is 1. The highest BCUT2D eigenvalue weighted by Gasteiger charge is 2.26. The van der Waals surface area contributed by atoms with E-state index in [1.807, 2.05) is 0 Å². The lowest BCUT2D eigenvalue weighted by molar-refractivity contribution is 0.0628. The summed E-state index contributed by atoms with van der Waals surface area (Å²) in [6, 6.07) is 1.13. The van der Waals surface area contributed by atoms with Gasteiger partial charge < -0.3 is 19.6 Å². The lowest BCUT2D eigenvalue weighted by Crippen LogP contribution is -2.39. The van der Waals surface area contributed by atoms with Gasteiger partial charge in [-0.15, -0.1) is 0 Å². The number of carboxylic acid groups (broad SMARTS) is 1. The highest BCUT2D eigenvalue weighted by molar-refractivity contribution is 5.94. The number of aliphatic hydroxyl groups excluding tert-OH is 1. The third-order valence-corrected chi connectivity index (χ3v) is 3.10. The van der Waals surface area contributed by atoms with Gasteiger partial charge in [0.2, 0.25) is 5.76 Å². The van der Waals surface area contributed by atoms with Gasteiger partial charge in [-0.1, -0.05) is 5.16 Å². The van der Waals surface area contributed by atoms with Crippen LogP contribution < -0.4 is 0 Å². The fourth-order valence-corrected chi connectivity index (χ4v) is 1.96. The summed E-state index contributed by atoms with van der Waals surface area (Å²) >= 11 is 0. The number of aromatic carboxylic acids is 1. The van der Waals surface area contributed by atoms with Crippen LogP contribution in [0.3, 0.4) is 0 Å². The van der Waals surface area contributed by atoms with Crippen LogP contribution in [0.5, 0.6) is 0 Å². The van der Waals surface area contributed by atoms with Crippen LogP contribution in [0.4, 0.5) is 0 Å². The van der Waals surface area contributed by atoms with Gasteiger partial charge in [0.25, 0.3) is 5.91 Å². The Hall–Kier alpha value is -1.89. The molecule has 0 aliphatic carbocycles. The van der Waals surface area contributed by atoms with Crippen molar-refractivity contribution >= 4 is 11.9 Å². The number of likely N-dealkylation sites (tertiary alicyclic amines) is 1. The maximum Gasteiger partial charge on any atom is 0.374 e. The number of amides is 1. The predicted octanol–water partition coefficient (Wildman–Crippen LogP) is 0.217. The Morgan fingerprint density at radius 1 is 1.44 bits per heavy atom. The van der Waals surface area contributed by atoms with Crippen molar-refractivity contribution in [3.05, 3.63) is 17.5 Å². The molecule has 0 spiro atoms. The summed E-state index contributed by atoms with van der Waals surface area (Å²) in [7, 11) is 0.